The van der Waals surface area contributed by atoms with Crippen LogP contribution in [0.15, 0.2) is 22.8 Å². The molecule has 1 aromatic heterocycles. The second-order valence-corrected chi connectivity index (χ2v) is 5.52. The topological polar surface area (TPSA) is 80.9 Å². The number of rotatable bonds is 4. The zero-order valence-corrected chi connectivity index (χ0v) is 14.0. The lowest BCUT2D eigenvalue weighted by atomic mass is 10.1. The van der Waals surface area contributed by atoms with Gasteiger partial charge in [0, 0.05) is 32.2 Å². The third-order valence-corrected chi connectivity index (χ3v) is 4.13. The van der Waals surface area contributed by atoms with Crippen molar-refractivity contribution >= 4 is 11.7 Å². The normalized spacial score (nSPS) is 14.6. The number of aryl methyl sites for hydroxylation is 1. The van der Waals surface area contributed by atoms with Gasteiger partial charge in [0.1, 0.15) is 17.2 Å². The summed E-state index contributed by atoms with van der Waals surface area (Å²) in [6, 6.07) is 5.21. The van der Waals surface area contributed by atoms with Crippen LogP contribution in [0, 0.1) is 6.92 Å². The SMILES string of the molecule is COc1ccc(C(=O)N2CCN(c3nonc3C)CC2)c(OC)c1. The van der Waals surface area contributed by atoms with Crippen LogP contribution < -0.4 is 14.4 Å². The molecule has 2 aromatic rings. The molecule has 0 bridgehead atoms. The Morgan fingerprint density at radius 3 is 2.46 bits per heavy atom. The second kappa shape index (κ2) is 6.77. The summed E-state index contributed by atoms with van der Waals surface area (Å²) in [5.74, 6) is 1.86. The Bertz CT molecular complexity index is 723. The van der Waals surface area contributed by atoms with Gasteiger partial charge >= 0.3 is 0 Å². The summed E-state index contributed by atoms with van der Waals surface area (Å²) in [4.78, 5) is 16.7. The highest BCUT2D eigenvalue weighted by Gasteiger charge is 2.26. The van der Waals surface area contributed by atoms with E-state index in [0.717, 1.165) is 11.5 Å². The molecule has 24 heavy (non-hydrogen) atoms. The predicted molar refractivity (Wildman–Crippen MR) is 86.7 cm³/mol. The van der Waals surface area contributed by atoms with E-state index in [1.807, 2.05) is 11.8 Å². The third kappa shape index (κ3) is 2.99. The molecule has 1 saturated heterocycles. The van der Waals surface area contributed by atoms with Gasteiger partial charge in [0.25, 0.3) is 5.91 Å². The van der Waals surface area contributed by atoms with Gasteiger partial charge in [-0.25, -0.2) is 4.63 Å². The lowest BCUT2D eigenvalue weighted by molar-refractivity contribution is 0.0743. The fraction of sp³-hybridized carbons (Fsp3) is 0.438. The number of anilines is 1. The molecule has 2 heterocycles. The quantitative estimate of drug-likeness (QED) is 0.836. The third-order valence-electron chi connectivity index (χ3n) is 4.13. The maximum absolute atomic E-state index is 12.8. The van der Waals surface area contributed by atoms with Gasteiger partial charge in [-0.15, -0.1) is 0 Å². The van der Waals surface area contributed by atoms with Gasteiger partial charge in [0.05, 0.1) is 19.8 Å². The van der Waals surface area contributed by atoms with Crippen molar-refractivity contribution in [2.45, 2.75) is 6.92 Å². The molecule has 1 amide bonds. The van der Waals surface area contributed by atoms with Crippen molar-refractivity contribution in [1.29, 1.82) is 0 Å². The van der Waals surface area contributed by atoms with E-state index in [0.29, 0.717) is 43.2 Å². The first kappa shape index (κ1) is 16.1. The molecule has 0 saturated carbocycles. The highest BCUT2D eigenvalue weighted by Crippen LogP contribution is 2.26. The maximum Gasteiger partial charge on any atom is 0.257 e. The van der Waals surface area contributed by atoms with E-state index in [1.54, 1.807) is 32.4 Å². The van der Waals surface area contributed by atoms with Gasteiger partial charge in [-0.2, -0.15) is 0 Å². The summed E-state index contributed by atoms with van der Waals surface area (Å²) in [6.07, 6.45) is 0. The molecule has 0 N–H and O–H groups in total. The zero-order chi connectivity index (χ0) is 17.1. The van der Waals surface area contributed by atoms with Gasteiger partial charge in [-0.1, -0.05) is 5.16 Å². The molecule has 0 atom stereocenters. The molecule has 8 nitrogen and oxygen atoms in total. The Hall–Kier alpha value is -2.77. The molecule has 0 spiro atoms. The first-order valence-corrected chi connectivity index (χ1v) is 7.69. The lowest BCUT2D eigenvalue weighted by Crippen LogP contribution is -2.49. The molecule has 8 heteroatoms. The van der Waals surface area contributed by atoms with Crippen LogP contribution in [-0.4, -0.2) is 61.5 Å². The second-order valence-electron chi connectivity index (χ2n) is 5.52. The largest absolute Gasteiger partial charge is 0.497 e. The van der Waals surface area contributed by atoms with Crippen LogP contribution in [0.2, 0.25) is 0 Å². The van der Waals surface area contributed by atoms with Crippen molar-refractivity contribution in [3.63, 3.8) is 0 Å². The van der Waals surface area contributed by atoms with Crippen molar-refractivity contribution in [3.8, 4) is 11.5 Å². The van der Waals surface area contributed by atoms with E-state index in [-0.39, 0.29) is 5.91 Å². The molecule has 3 rings (SSSR count). The van der Waals surface area contributed by atoms with E-state index in [2.05, 4.69) is 15.2 Å². The number of nitrogens with zero attached hydrogens (tertiary/aromatic N) is 4. The number of hydrogen-bond donors (Lipinski definition) is 0. The molecule has 128 valence electrons. The molecule has 0 unspecified atom stereocenters. The Balaban J connectivity index is 1.70. The molecular formula is C16H20N4O4. The van der Waals surface area contributed by atoms with Crippen LogP contribution in [-0.2, 0) is 0 Å². The number of amides is 1. The van der Waals surface area contributed by atoms with Gasteiger partial charge in [-0.05, 0) is 24.2 Å². The average molecular weight is 332 g/mol. The van der Waals surface area contributed by atoms with Gasteiger partial charge in [0.15, 0.2) is 5.82 Å². The Labute approximate surface area is 139 Å². The summed E-state index contributed by atoms with van der Waals surface area (Å²) in [5.41, 5.74) is 1.29. The van der Waals surface area contributed by atoms with Gasteiger partial charge in [0.2, 0.25) is 0 Å². The molecule has 0 radical (unpaired) electrons. The fourth-order valence-electron chi connectivity index (χ4n) is 2.78. The Morgan fingerprint density at radius 2 is 1.88 bits per heavy atom. The molecule has 1 aliphatic rings. The summed E-state index contributed by atoms with van der Waals surface area (Å²) in [7, 11) is 3.13. The highest BCUT2D eigenvalue weighted by molar-refractivity contribution is 5.97. The summed E-state index contributed by atoms with van der Waals surface area (Å²) < 4.78 is 15.2. The zero-order valence-electron chi connectivity index (χ0n) is 14.0. The molecule has 0 aliphatic carbocycles. The standard InChI is InChI=1S/C16H20N4O4/c1-11-15(18-24-17-11)19-6-8-20(9-7-19)16(21)13-5-4-12(22-2)10-14(13)23-3/h4-5,10H,6-9H2,1-3H3. The summed E-state index contributed by atoms with van der Waals surface area (Å²) in [5, 5.41) is 7.71. The number of carbonyl (C=O) groups excluding carboxylic acids is 1. The van der Waals surface area contributed by atoms with Crippen LogP contribution in [0.4, 0.5) is 5.82 Å². The molecule has 1 aromatic carbocycles. The maximum atomic E-state index is 12.8. The van der Waals surface area contributed by atoms with Crippen LogP contribution in [0.1, 0.15) is 16.1 Å². The number of methoxy groups -OCH3 is 2. The van der Waals surface area contributed by atoms with Crippen molar-refractivity contribution < 1.29 is 18.9 Å². The van der Waals surface area contributed by atoms with Crippen molar-refractivity contribution in [2.24, 2.45) is 0 Å². The lowest BCUT2D eigenvalue weighted by Gasteiger charge is -2.34. The molecule has 1 aliphatic heterocycles. The van der Waals surface area contributed by atoms with Crippen LogP contribution in [0.5, 0.6) is 11.5 Å². The number of benzene rings is 1. The number of hydrogen-bond acceptors (Lipinski definition) is 7. The van der Waals surface area contributed by atoms with Crippen molar-refractivity contribution in [3.05, 3.63) is 29.5 Å². The Kier molecular flexibility index (Phi) is 4.54. The monoisotopic (exact) mass is 332 g/mol. The van der Waals surface area contributed by atoms with E-state index < -0.39 is 0 Å². The van der Waals surface area contributed by atoms with E-state index in [1.165, 1.54) is 0 Å². The van der Waals surface area contributed by atoms with Gasteiger partial charge in [-0.3, -0.25) is 4.79 Å². The Morgan fingerprint density at radius 1 is 1.12 bits per heavy atom. The number of aromatic nitrogens is 2. The first-order valence-electron chi connectivity index (χ1n) is 7.69. The minimum absolute atomic E-state index is 0.0517. The van der Waals surface area contributed by atoms with E-state index >= 15 is 0 Å². The first-order chi connectivity index (χ1) is 11.6. The number of carbonyl (C=O) groups is 1. The number of piperazine rings is 1. The smallest absolute Gasteiger partial charge is 0.257 e. The minimum atomic E-state index is -0.0517. The van der Waals surface area contributed by atoms with Crippen molar-refractivity contribution in [2.75, 3.05) is 45.3 Å². The van der Waals surface area contributed by atoms with Gasteiger partial charge < -0.3 is 19.3 Å². The summed E-state index contributed by atoms with van der Waals surface area (Å²) in [6.45, 7) is 4.41. The van der Waals surface area contributed by atoms with Crippen LogP contribution in [0.25, 0.3) is 0 Å². The summed E-state index contributed by atoms with van der Waals surface area (Å²) >= 11 is 0. The number of ether oxygens (including phenoxy) is 2. The minimum Gasteiger partial charge on any atom is -0.497 e. The average Bonchev–Trinajstić information content (AvgIpc) is 3.06. The predicted octanol–water partition coefficient (Wildman–Crippen LogP) is 1.36. The molecule has 1 fully saturated rings. The van der Waals surface area contributed by atoms with E-state index in [4.69, 9.17) is 14.1 Å². The highest BCUT2D eigenvalue weighted by atomic mass is 16.6. The van der Waals surface area contributed by atoms with Crippen LogP contribution >= 0.6 is 0 Å². The van der Waals surface area contributed by atoms with E-state index in [9.17, 15) is 4.79 Å². The van der Waals surface area contributed by atoms with Crippen LogP contribution in [0.3, 0.4) is 0 Å². The molecular weight excluding hydrogens is 312 g/mol. The fourth-order valence-corrected chi connectivity index (χ4v) is 2.78. The van der Waals surface area contributed by atoms with Crippen molar-refractivity contribution in [1.82, 2.24) is 15.2 Å².